The van der Waals surface area contributed by atoms with E-state index in [2.05, 4.69) is 34.5 Å². The Morgan fingerprint density at radius 1 is 1.27 bits per heavy atom. The molecule has 2 rings (SSSR count). The van der Waals surface area contributed by atoms with Crippen molar-refractivity contribution in [2.75, 3.05) is 13.1 Å². The van der Waals surface area contributed by atoms with Crippen molar-refractivity contribution in [2.45, 2.75) is 52.2 Å². The second-order valence-electron chi connectivity index (χ2n) is 7.39. The molecule has 0 bridgehead atoms. The number of benzene rings is 1. The summed E-state index contributed by atoms with van der Waals surface area (Å²) < 4.78 is 0. The summed E-state index contributed by atoms with van der Waals surface area (Å²) in [5.74, 6) is -0.0194. The van der Waals surface area contributed by atoms with Gasteiger partial charge < -0.3 is 11.1 Å². The fourth-order valence-corrected chi connectivity index (χ4v) is 2.76. The predicted molar refractivity (Wildman–Crippen MR) is 90.3 cm³/mol. The van der Waals surface area contributed by atoms with E-state index in [1.165, 1.54) is 5.56 Å². The summed E-state index contributed by atoms with van der Waals surface area (Å²) in [4.78, 5) is 14.6. The average Bonchev–Trinajstić information content (AvgIpc) is 2.48. The van der Waals surface area contributed by atoms with E-state index in [-0.39, 0.29) is 17.4 Å². The molecule has 1 amide bonds. The largest absolute Gasteiger partial charge is 0.352 e. The van der Waals surface area contributed by atoms with Crippen molar-refractivity contribution in [1.29, 1.82) is 0 Å². The van der Waals surface area contributed by atoms with E-state index >= 15 is 0 Å². The number of amides is 1. The molecule has 1 atom stereocenters. The second-order valence-corrected chi connectivity index (χ2v) is 7.39. The van der Waals surface area contributed by atoms with E-state index in [1.807, 2.05) is 26.8 Å². The Morgan fingerprint density at radius 3 is 2.41 bits per heavy atom. The zero-order valence-electron chi connectivity index (χ0n) is 14.0. The molecule has 1 saturated heterocycles. The predicted octanol–water partition coefficient (Wildman–Crippen LogP) is 2.14. The summed E-state index contributed by atoms with van der Waals surface area (Å²) in [7, 11) is 0. The summed E-state index contributed by atoms with van der Waals surface area (Å²) >= 11 is 0. The topological polar surface area (TPSA) is 58.4 Å². The first-order chi connectivity index (χ1) is 10.4. The minimum atomic E-state index is -0.449. The number of rotatable bonds is 4. The Balaban J connectivity index is 1.77. The molecule has 1 aliphatic rings. The highest BCUT2D eigenvalue weighted by molar-refractivity contribution is 5.82. The molecule has 3 N–H and O–H groups in total. The average molecular weight is 303 g/mol. The minimum Gasteiger partial charge on any atom is -0.352 e. The fraction of sp³-hybridized carbons (Fsp3) is 0.611. The SMILES string of the molecule is CC(C)(C)[C@H](N)C(=O)NC1CCN(Cc2ccccc2)CC1. The van der Waals surface area contributed by atoms with Crippen molar-refractivity contribution in [3.05, 3.63) is 35.9 Å². The summed E-state index contributed by atoms with van der Waals surface area (Å²) in [6.45, 7) is 9.03. The number of likely N-dealkylation sites (tertiary alicyclic amines) is 1. The molecular weight excluding hydrogens is 274 g/mol. The standard InChI is InChI=1S/C18H29N3O/c1-18(2,3)16(19)17(22)20-15-9-11-21(12-10-15)13-14-7-5-4-6-8-14/h4-8,15-16H,9-13,19H2,1-3H3,(H,20,22)/t16-/m1/s1. The van der Waals surface area contributed by atoms with Crippen LogP contribution in [0.15, 0.2) is 30.3 Å². The van der Waals surface area contributed by atoms with Gasteiger partial charge in [-0.2, -0.15) is 0 Å². The first kappa shape index (κ1) is 17.0. The van der Waals surface area contributed by atoms with Crippen LogP contribution in [0.3, 0.4) is 0 Å². The van der Waals surface area contributed by atoms with E-state index < -0.39 is 6.04 Å². The second kappa shape index (κ2) is 7.25. The van der Waals surface area contributed by atoms with Crippen molar-refractivity contribution in [3.63, 3.8) is 0 Å². The molecule has 0 aromatic heterocycles. The Bertz CT molecular complexity index is 473. The molecule has 1 aromatic rings. The van der Waals surface area contributed by atoms with Gasteiger partial charge in [0, 0.05) is 25.7 Å². The van der Waals surface area contributed by atoms with Gasteiger partial charge in [0.05, 0.1) is 6.04 Å². The van der Waals surface area contributed by atoms with Crippen LogP contribution in [0.1, 0.15) is 39.2 Å². The number of carbonyl (C=O) groups excluding carboxylic acids is 1. The molecule has 22 heavy (non-hydrogen) atoms. The third kappa shape index (κ3) is 4.82. The van der Waals surface area contributed by atoms with Crippen molar-refractivity contribution < 1.29 is 4.79 Å². The maximum atomic E-state index is 12.2. The third-order valence-corrected chi connectivity index (χ3v) is 4.40. The van der Waals surface area contributed by atoms with Crippen molar-refractivity contribution >= 4 is 5.91 Å². The molecule has 0 saturated carbocycles. The van der Waals surface area contributed by atoms with Crippen LogP contribution in [0, 0.1) is 5.41 Å². The summed E-state index contributed by atoms with van der Waals surface area (Å²) in [5, 5.41) is 3.12. The summed E-state index contributed by atoms with van der Waals surface area (Å²) in [6, 6.07) is 10.3. The van der Waals surface area contributed by atoms with E-state index in [9.17, 15) is 4.79 Å². The van der Waals surface area contributed by atoms with Crippen LogP contribution in [0.25, 0.3) is 0 Å². The Morgan fingerprint density at radius 2 is 1.86 bits per heavy atom. The van der Waals surface area contributed by atoms with E-state index in [0.29, 0.717) is 0 Å². The number of nitrogens with two attached hydrogens (primary N) is 1. The normalized spacial score (nSPS) is 18.9. The smallest absolute Gasteiger partial charge is 0.237 e. The number of carbonyl (C=O) groups is 1. The molecule has 122 valence electrons. The first-order valence-corrected chi connectivity index (χ1v) is 8.18. The lowest BCUT2D eigenvalue weighted by molar-refractivity contribution is -0.125. The highest BCUT2D eigenvalue weighted by Crippen LogP contribution is 2.19. The lowest BCUT2D eigenvalue weighted by Gasteiger charge is -2.34. The minimum absolute atomic E-state index is 0.0194. The summed E-state index contributed by atoms with van der Waals surface area (Å²) in [5.41, 5.74) is 7.17. The van der Waals surface area contributed by atoms with Crippen LogP contribution in [0.4, 0.5) is 0 Å². The van der Waals surface area contributed by atoms with Gasteiger partial charge in [-0.3, -0.25) is 9.69 Å². The van der Waals surface area contributed by atoms with Crippen LogP contribution in [0.2, 0.25) is 0 Å². The van der Waals surface area contributed by atoms with Crippen LogP contribution >= 0.6 is 0 Å². The number of nitrogens with zero attached hydrogens (tertiary/aromatic N) is 1. The molecule has 0 spiro atoms. The first-order valence-electron chi connectivity index (χ1n) is 8.18. The number of piperidine rings is 1. The third-order valence-electron chi connectivity index (χ3n) is 4.40. The fourth-order valence-electron chi connectivity index (χ4n) is 2.76. The van der Waals surface area contributed by atoms with Crippen molar-refractivity contribution in [1.82, 2.24) is 10.2 Å². The zero-order valence-corrected chi connectivity index (χ0v) is 14.0. The lowest BCUT2D eigenvalue weighted by atomic mass is 9.86. The zero-order chi connectivity index (χ0) is 16.2. The highest BCUT2D eigenvalue weighted by atomic mass is 16.2. The lowest BCUT2D eigenvalue weighted by Crippen LogP contribution is -2.53. The number of nitrogens with one attached hydrogen (secondary N) is 1. The molecule has 0 aliphatic carbocycles. The molecule has 0 unspecified atom stereocenters. The molecule has 4 nitrogen and oxygen atoms in total. The monoisotopic (exact) mass is 303 g/mol. The highest BCUT2D eigenvalue weighted by Gasteiger charge is 2.29. The van der Waals surface area contributed by atoms with Crippen LogP contribution in [-0.4, -0.2) is 36.0 Å². The van der Waals surface area contributed by atoms with Crippen LogP contribution < -0.4 is 11.1 Å². The molecule has 1 aliphatic heterocycles. The summed E-state index contributed by atoms with van der Waals surface area (Å²) in [6.07, 6.45) is 1.99. The van der Waals surface area contributed by atoms with Crippen molar-refractivity contribution in [3.8, 4) is 0 Å². The van der Waals surface area contributed by atoms with Gasteiger partial charge in [0.1, 0.15) is 0 Å². The number of hydrogen-bond acceptors (Lipinski definition) is 3. The molecule has 1 aromatic carbocycles. The molecule has 0 radical (unpaired) electrons. The van der Waals surface area contributed by atoms with Gasteiger partial charge in [-0.05, 0) is 23.8 Å². The van der Waals surface area contributed by atoms with E-state index in [0.717, 1.165) is 32.5 Å². The molecule has 4 heteroatoms. The Labute approximate surface area is 134 Å². The van der Waals surface area contributed by atoms with Gasteiger partial charge in [0.25, 0.3) is 0 Å². The van der Waals surface area contributed by atoms with Crippen molar-refractivity contribution in [2.24, 2.45) is 11.1 Å². The Hall–Kier alpha value is -1.39. The van der Waals surface area contributed by atoms with Gasteiger partial charge in [-0.1, -0.05) is 51.1 Å². The quantitative estimate of drug-likeness (QED) is 0.896. The van der Waals surface area contributed by atoms with Gasteiger partial charge >= 0.3 is 0 Å². The molecule has 1 fully saturated rings. The van der Waals surface area contributed by atoms with Gasteiger partial charge in [0.2, 0.25) is 5.91 Å². The molecule has 1 heterocycles. The van der Waals surface area contributed by atoms with Gasteiger partial charge in [0.15, 0.2) is 0 Å². The van der Waals surface area contributed by atoms with Gasteiger partial charge in [-0.25, -0.2) is 0 Å². The van der Waals surface area contributed by atoms with Crippen LogP contribution in [0.5, 0.6) is 0 Å². The van der Waals surface area contributed by atoms with E-state index in [4.69, 9.17) is 5.73 Å². The van der Waals surface area contributed by atoms with E-state index in [1.54, 1.807) is 0 Å². The Kier molecular flexibility index (Phi) is 5.59. The van der Waals surface area contributed by atoms with Crippen LogP contribution in [-0.2, 0) is 11.3 Å². The maximum Gasteiger partial charge on any atom is 0.237 e. The van der Waals surface area contributed by atoms with Gasteiger partial charge in [-0.15, -0.1) is 0 Å². The molecular formula is C18H29N3O. The number of hydrogen-bond donors (Lipinski definition) is 2. The maximum absolute atomic E-state index is 12.2.